The molecule has 0 spiro atoms. The first-order valence-electron chi connectivity index (χ1n) is 7.98. The molecule has 2 aromatic carbocycles. The molecule has 1 aliphatic rings. The summed E-state index contributed by atoms with van der Waals surface area (Å²) in [4.78, 5) is 0. The van der Waals surface area contributed by atoms with Crippen LogP contribution in [0.3, 0.4) is 0 Å². The molecular formula is C20H23Br. The molecular weight excluding hydrogens is 320 g/mol. The number of unbranched alkanes of at least 4 members (excludes halogenated alkanes) is 2. The third-order valence-corrected chi connectivity index (χ3v) is 5.26. The van der Waals surface area contributed by atoms with Crippen LogP contribution in [-0.4, -0.2) is 0 Å². The van der Waals surface area contributed by atoms with Crippen LogP contribution in [0.15, 0.2) is 40.9 Å². The predicted octanol–water partition coefficient (Wildman–Crippen LogP) is 6.49. The van der Waals surface area contributed by atoms with Crippen molar-refractivity contribution >= 4 is 15.9 Å². The van der Waals surface area contributed by atoms with Gasteiger partial charge in [-0.3, -0.25) is 0 Å². The van der Waals surface area contributed by atoms with Crippen LogP contribution >= 0.6 is 15.9 Å². The van der Waals surface area contributed by atoms with Crippen molar-refractivity contribution < 1.29 is 0 Å². The normalized spacial score (nSPS) is 14.9. The van der Waals surface area contributed by atoms with E-state index in [1.165, 1.54) is 58.0 Å². The number of fused-ring (bicyclic) bond motifs is 3. The summed E-state index contributed by atoms with van der Waals surface area (Å²) in [6, 6.07) is 13.8. The Morgan fingerprint density at radius 2 is 1.57 bits per heavy atom. The summed E-state index contributed by atoms with van der Waals surface area (Å²) in [5, 5.41) is 0. The molecule has 110 valence electrons. The average Bonchev–Trinajstić information content (AvgIpc) is 2.68. The molecule has 0 aromatic heterocycles. The monoisotopic (exact) mass is 342 g/mol. The highest BCUT2D eigenvalue weighted by molar-refractivity contribution is 9.10. The van der Waals surface area contributed by atoms with Crippen LogP contribution in [0.2, 0.25) is 0 Å². The van der Waals surface area contributed by atoms with Crippen molar-refractivity contribution in [3.63, 3.8) is 0 Å². The maximum absolute atomic E-state index is 3.62. The van der Waals surface area contributed by atoms with E-state index >= 15 is 0 Å². The molecule has 0 fully saturated rings. The van der Waals surface area contributed by atoms with Crippen molar-refractivity contribution in [3.05, 3.63) is 57.6 Å². The van der Waals surface area contributed by atoms with Gasteiger partial charge in [-0.15, -0.1) is 0 Å². The Kier molecular flexibility index (Phi) is 3.96. The van der Waals surface area contributed by atoms with Crippen molar-refractivity contribution in [2.45, 2.75) is 51.9 Å². The van der Waals surface area contributed by atoms with Crippen LogP contribution in [-0.2, 0) is 11.8 Å². The van der Waals surface area contributed by atoms with E-state index in [0.717, 1.165) is 0 Å². The van der Waals surface area contributed by atoms with Crippen molar-refractivity contribution in [3.8, 4) is 11.1 Å². The van der Waals surface area contributed by atoms with Crippen LogP contribution in [0, 0.1) is 0 Å². The Balaban J connectivity index is 2.01. The minimum Gasteiger partial charge on any atom is -0.0654 e. The molecule has 0 aliphatic heterocycles. The largest absolute Gasteiger partial charge is 0.0654 e. The molecule has 0 unspecified atom stereocenters. The molecule has 0 N–H and O–H groups in total. The van der Waals surface area contributed by atoms with Gasteiger partial charge in [0.1, 0.15) is 0 Å². The Morgan fingerprint density at radius 1 is 0.905 bits per heavy atom. The standard InChI is InChI=1S/C20H23Br/c1-4-5-6-7-14-8-10-16-17-11-9-15(21)13-19(17)20(2,3)18(16)12-14/h8-13H,4-7H2,1-3H3. The lowest BCUT2D eigenvalue weighted by Crippen LogP contribution is -2.15. The highest BCUT2D eigenvalue weighted by atomic mass is 79.9. The second-order valence-corrected chi connectivity index (χ2v) is 7.57. The molecule has 0 radical (unpaired) electrons. The number of hydrogen-bond acceptors (Lipinski definition) is 0. The lowest BCUT2D eigenvalue weighted by Gasteiger charge is -2.22. The smallest absolute Gasteiger partial charge is 0.0178 e. The fraction of sp³-hybridized carbons (Fsp3) is 0.400. The Bertz CT molecular complexity index is 668. The Labute approximate surface area is 136 Å². The second kappa shape index (κ2) is 5.61. The molecule has 0 atom stereocenters. The molecule has 0 heterocycles. The lowest BCUT2D eigenvalue weighted by molar-refractivity contribution is 0.656. The van der Waals surface area contributed by atoms with Gasteiger partial charge in [-0.2, -0.15) is 0 Å². The van der Waals surface area contributed by atoms with Gasteiger partial charge in [-0.25, -0.2) is 0 Å². The van der Waals surface area contributed by atoms with E-state index in [1.54, 1.807) is 0 Å². The topological polar surface area (TPSA) is 0 Å². The second-order valence-electron chi connectivity index (χ2n) is 6.65. The fourth-order valence-corrected chi connectivity index (χ4v) is 3.85. The lowest BCUT2D eigenvalue weighted by atomic mass is 9.82. The molecule has 0 nitrogen and oxygen atoms in total. The van der Waals surface area contributed by atoms with E-state index in [0.29, 0.717) is 0 Å². The van der Waals surface area contributed by atoms with Gasteiger partial charge in [0.15, 0.2) is 0 Å². The minimum absolute atomic E-state index is 0.106. The molecule has 0 amide bonds. The molecule has 0 bridgehead atoms. The van der Waals surface area contributed by atoms with Crippen molar-refractivity contribution in [2.24, 2.45) is 0 Å². The minimum atomic E-state index is 0.106. The van der Waals surface area contributed by atoms with Gasteiger partial charge in [-0.05, 0) is 52.8 Å². The van der Waals surface area contributed by atoms with Gasteiger partial charge >= 0.3 is 0 Å². The van der Waals surface area contributed by atoms with Gasteiger partial charge in [0, 0.05) is 9.89 Å². The summed E-state index contributed by atoms with van der Waals surface area (Å²) >= 11 is 3.62. The van der Waals surface area contributed by atoms with Crippen LogP contribution in [0.25, 0.3) is 11.1 Å². The van der Waals surface area contributed by atoms with Gasteiger partial charge in [-0.1, -0.05) is 73.8 Å². The van der Waals surface area contributed by atoms with Gasteiger partial charge in [0.2, 0.25) is 0 Å². The zero-order valence-electron chi connectivity index (χ0n) is 13.2. The average molecular weight is 343 g/mol. The molecule has 1 heteroatoms. The van der Waals surface area contributed by atoms with Gasteiger partial charge < -0.3 is 0 Å². The summed E-state index contributed by atoms with van der Waals surface area (Å²) in [7, 11) is 0. The van der Waals surface area contributed by atoms with Crippen molar-refractivity contribution in [1.82, 2.24) is 0 Å². The zero-order chi connectivity index (χ0) is 15.0. The van der Waals surface area contributed by atoms with Gasteiger partial charge in [0.05, 0.1) is 0 Å². The first kappa shape index (κ1) is 14.8. The SMILES string of the molecule is CCCCCc1ccc2c(c1)C(C)(C)c1cc(Br)ccc1-2. The third-order valence-electron chi connectivity index (χ3n) is 4.77. The first-order chi connectivity index (χ1) is 10.0. The summed E-state index contributed by atoms with van der Waals surface area (Å²) < 4.78 is 1.17. The molecule has 0 saturated carbocycles. The molecule has 0 saturated heterocycles. The van der Waals surface area contributed by atoms with Gasteiger partial charge in [0.25, 0.3) is 0 Å². The van der Waals surface area contributed by atoms with E-state index in [9.17, 15) is 0 Å². The predicted molar refractivity (Wildman–Crippen MR) is 94.9 cm³/mol. The van der Waals surface area contributed by atoms with E-state index in [-0.39, 0.29) is 5.41 Å². The molecule has 3 rings (SSSR count). The number of halogens is 1. The van der Waals surface area contributed by atoms with Crippen molar-refractivity contribution in [1.29, 1.82) is 0 Å². The highest BCUT2D eigenvalue weighted by Crippen LogP contribution is 2.49. The number of hydrogen-bond donors (Lipinski definition) is 0. The molecule has 1 aliphatic carbocycles. The van der Waals surface area contributed by atoms with E-state index in [2.05, 4.69) is 73.1 Å². The maximum atomic E-state index is 3.62. The third kappa shape index (κ3) is 2.57. The fourth-order valence-electron chi connectivity index (χ4n) is 3.49. The summed E-state index contributed by atoms with van der Waals surface area (Å²) in [6.45, 7) is 6.96. The van der Waals surface area contributed by atoms with E-state index < -0.39 is 0 Å². The summed E-state index contributed by atoms with van der Waals surface area (Å²) in [5.41, 5.74) is 7.35. The highest BCUT2D eigenvalue weighted by Gasteiger charge is 2.35. The number of aryl methyl sites for hydroxylation is 1. The number of rotatable bonds is 4. The Morgan fingerprint density at radius 3 is 2.29 bits per heavy atom. The molecule has 2 aromatic rings. The van der Waals surface area contributed by atoms with Crippen molar-refractivity contribution in [2.75, 3.05) is 0 Å². The Hall–Kier alpha value is -1.08. The van der Waals surface area contributed by atoms with E-state index in [4.69, 9.17) is 0 Å². The van der Waals surface area contributed by atoms with Crippen LogP contribution in [0.5, 0.6) is 0 Å². The first-order valence-corrected chi connectivity index (χ1v) is 8.77. The summed E-state index contributed by atoms with van der Waals surface area (Å²) in [6.07, 6.45) is 5.12. The quantitative estimate of drug-likeness (QED) is 0.557. The zero-order valence-corrected chi connectivity index (χ0v) is 14.8. The van der Waals surface area contributed by atoms with Crippen LogP contribution < -0.4 is 0 Å². The summed E-state index contributed by atoms with van der Waals surface area (Å²) in [5.74, 6) is 0. The van der Waals surface area contributed by atoms with Crippen LogP contribution in [0.4, 0.5) is 0 Å². The van der Waals surface area contributed by atoms with E-state index in [1.807, 2.05) is 0 Å². The number of benzene rings is 2. The van der Waals surface area contributed by atoms with Crippen LogP contribution in [0.1, 0.15) is 56.7 Å². The molecule has 21 heavy (non-hydrogen) atoms. The maximum Gasteiger partial charge on any atom is 0.0178 e.